The number of benzene rings is 1. The highest BCUT2D eigenvalue weighted by atomic mass is 16.5. The minimum Gasteiger partial charge on any atom is -0.495 e. The third kappa shape index (κ3) is 3.39. The minimum absolute atomic E-state index is 0.842. The zero-order chi connectivity index (χ0) is 12.1. The van der Waals surface area contributed by atoms with Crippen molar-refractivity contribution < 1.29 is 4.74 Å². The van der Waals surface area contributed by atoms with Crippen LogP contribution in [0.15, 0.2) is 18.2 Å². The van der Waals surface area contributed by atoms with Gasteiger partial charge in [-0.05, 0) is 43.4 Å². The number of anilines is 1. The fraction of sp³-hybridized carbons (Fsp3) is 0.600. The summed E-state index contributed by atoms with van der Waals surface area (Å²) in [5.74, 6) is 1.80. The van der Waals surface area contributed by atoms with Crippen LogP contribution in [-0.4, -0.2) is 13.7 Å². The van der Waals surface area contributed by atoms with E-state index in [2.05, 4.69) is 30.4 Å². The lowest BCUT2D eigenvalue weighted by molar-refractivity contribution is 0.372. The highest BCUT2D eigenvalue weighted by Gasteiger charge is 2.13. The zero-order valence-electron chi connectivity index (χ0n) is 11.0. The first-order chi connectivity index (χ1) is 8.29. The summed E-state index contributed by atoms with van der Waals surface area (Å²) in [5.41, 5.74) is 2.37. The molecule has 0 atom stereocenters. The molecule has 0 heterocycles. The van der Waals surface area contributed by atoms with Crippen LogP contribution in [0.25, 0.3) is 0 Å². The average molecular weight is 233 g/mol. The van der Waals surface area contributed by atoms with Crippen LogP contribution in [0.1, 0.15) is 37.7 Å². The first-order valence-corrected chi connectivity index (χ1v) is 6.68. The van der Waals surface area contributed by atoms with Gasteiger partial charge in [-0.3, -0.25) is 0 Å². The molecule has 0 saturated heterocycles. The topological polar surface area (TPSA) is 21.3 Å². The van der Waals surface area contributed by atoms with Gasteiger partial charge in [0.2, 0.25) is 0 Å². The largest absolute Gasteiger partial charge is 0.495 e. The van der Waals surface area contributed by atoms with Crippen LogP contribution in [0.4, 0.5) is 5.69 Å². The summed E-state index contributed by atoms with van der Waals surface area (Å²) < 4.78 is 5.40. The summed E-state index contributed by atoms with van der Waals surface area (Å²) in [6.07, 6.45) is 6.97. The Balaban J connectivity index is 1.93. The number of hydrogen-bond acceptors (Lipinski definition) is 2. The number of rotatable bonds is 4. The maximum absolute atomic E-state index is 5.40. The summed E-state index contributed by atoms with van der Waals surface area (Å²) >= 11 is 0. The molecule has 1 N–H and O–H groups in total. The van der Waals surface area contributed by atoms with E-state index in [4.69, 9.17) is 4.74 Å². The predicted octanol–water partition coefficient (Wildman–Crippen LogP) is 4.00. The van der Waals surface area contributed by atoms with Crippen molar-refractivity contribution in [3.8, 4) is 5.75 Å². The maximum Gasteiger partial charge on any atom is 0.142 e. The smallest absolute Gasteiger partial charge is 0.142 e. The van der Waals surface area contributed by atoms with Crippen molar-refractivity contribution in [1.29, 1.82) is 0 Å². The van der Waals surface area contributed by atoms with Crippen molar-refractivity contribution >= 4 is 5.69 Å². The van der Waals surface area contributed by atoms with Crippen LogP contribution < -0.4 is 10.1 Å². The molecule has 2 rings (SSSR count). The van der Waals surface area contributed by atoms with E-state index in [9.17, 15) is 0 Å². The van der Waals surface area contributed by atoms with Gasteiger partial charge in [-0.25, -0.2) is 0 Å². The standard InChI is InChI=1S/C15H23NO/c1-12-8-9-14(15(10-12)17-2)16-11-13-6-4-3-5-7-13/h8-10,13,16H,3-7,11H2,1-2H3. The maximum atomic E-state index is 5.40. The first-order valence-electron chi connectivity index (χ1n) is 6.68. The van der Waals surface area contributed by atoms with E-state index >= 15 is 0 Å². The molecule has 0 aromatic heterocycles. The SMILES string of the molecule is COc1cc(C)ccc1NCC1CCCCC1. The molecule has 0 radical (unpaired) electrons. The molecule has 1 saturated carbocycles. The normalized spacial score (nSPS) is 16.8. The highest BCUT2D eigenvalue weighted by Crippen LogP contribution is 2.28. The molecule has 1 aromatic carbocycles. The Morgan fingerprint density at radius 2 is 2.00 bits per heavy atom. The summed E-state index contributed by atoms with van der Waals surface area (Å²) in [6, 6.07) is 6.34. The van der Waals surface area contributed by atoms with Gasteiger partial charge in [0, 0.05) is 6.54 Å². The molecule has 0 amide bonds. The summed E-state index contributed by atoms with van der Waals surface area (Å²) in [4.78, 5) is 0. The summed E-state index contributed by atoms with van der Waals surface area (Å²) in [5, 5.41) is 3.54. The van der Waals surface area contributed by atoms with Crippen molar-refractivity contribution in [2.75, 3.05) is 19.0 Å². The van der Waals surface area contributed by atoms with Crippen LogP contribution >= 0.6 is 0 Å². The Kier molecular flexibility index (Phi) is 4.29. The third-order valence-electron chi connectivity index (χ3n) is 3.66. The number of nitrogens with one attached hydrogen (secondary N) is 1. The fourth-order valence-electron chi connectivity index (χ4n) is 2.59. The molecule has 0 unspecified atom stereocenters. The predicted molar refractivity (Wildman–Crippen MR) is 72.8 cm³/mol. The summed E-state index contributed by atoms with van der Waals surface area (Å²) in [6.45, 7) is 3.17. The summed E-state index contributed by atoms with van der Waals surface area (Å²) in [7, 11) is 1.74. The lowest BCUT2D eigenvalue weighted by atomic mass is 9.89. The lowest BCUT2D eigenvalue weighted by Crippen LogP contribution is -2.17. The number of hydrogen-bond donors (Lipinski definition) is 1. The van der Waals surface area contributed by atoms with Crippen LogP contribution in [0.3, 0.4) is 0 Å². The van der Waals surface area contributed by atoms with E-state index in [1.54, 1.807) is 7.11 Å². The number of aryl methyl sites for hydroxylation is 1. The Labute approximate surface area is 104 Å². The molecule has 1 aliphatic carbocycles. The molecular weight excluding hydrogens is 210 g/mol. The molecule has 17 heavy (non-hydrogen) atoms. The molecule has 0 bridgehead atoms. The molecule has 94 valence electrons. The Morgan fingerprint density at radius 3 is 2.71 bits per heavy atom. The number of ether oxygens (including phenoxy) is 1. The van der Waals surface area contributed by atoms with Gasteiger partial charge in [-0.15, -0.1) is 0 Å². The lowest BCUT2D eigenvalue weighted by Gasteiger charge is -2.23. The zero-order valence-corrected chi connectivity index (χ0v) is 11.0. The van der Waals surface area contributed by atoms with Crippen LogP contribution in [0.5, 0.6) is 5.75 Å². The first kappa shape index (κ1) is 12.3. The second-order valence-corrected chi connectivity index (χ2v) is 5.09. The Bertz CT molecular complexity index is 356. The number of methoxy groups -OCH3 is 1. The van der Waals surface area contributed by atoms with Gasteiger partial charge in [-0.2, -0.15) is 0 Å². The van der Waals surface area contributed by atoms with E-state index in [-0.39, 0.29) is 0 Å². The third-order valence-corrected chi connectivity index (χ3v) is 3.66. The quantitative estimate of drug-likeness (QED) is 0.848. The van der Waals surface area contributed by atoms with E-state index < -0.39 is 0 Å². The molecule has 0 aliphatic heterocycles. The molecule has 2 heteroatoms. The molecule has 1 aromatic rings. The van der Waals surface area contributed by atoms with Gasteiger partial charge in [-0.1, -0.05) is 25.3 Å². The van der Waals surface area contributed by atoms with E-state index in [1.807, 2.05) is 0 Å². The van der Waals surface area contributed by atoms with E-state index in [0.717, 1.165) is 23.9 Å². The second-order valence-electron chi connectivity index (χ2n) is 5.09. The molecule has 2 nitrogen and oxygen atoms in total. The van der Waals surface area contributed by atoms with Gasteiger partial charge in [0.25, 0.3) is 0 Å². The average Bonchev–Trinajstić information content (AvgIpc) is 2.38. The van der Waals surface area contributed by atoms with Gasteiger partial charge in [0.1, 0.15) is 5.75 Å². The van der Waals surface area contributed by atoms with Gasteiger partial charge in [0.05, 0.1) is 12.8 Å². The van der Waals surface area contributed by atoms with Crippen molar-refractivity contribution in [2.45, 2.75) is 39.0 Å². The minimum atomic E-state index is 0.842. The van der Waals surface area contributed by atoms with Crippen LogP contribution in [0.2, 0.25) is 0 Å². The van der Waals surface area contributed by atoms with E-state index in [1.165, 1.54) is 37.7 Å². The second kappa shape index (κ2) is 5.95. The van der Waals surface area contributed by atoms with Crippen LogP contribution in [-0.2, 0) is 0 Å². The molecule has 1 fully saturated rings. The van der Waals surface area contributed by atoms with Gasteiger partial charge < -0.3 is 10.1 Å². The van der Waals surface area contributed by atoms with Crippen LogP contribution in [0, 0.1) is 12.8 Å². The Morgan fingerprint density at radius 1 is 1.24 bits per heavy atom. The van der Waals surface area contributed by atoms with Crippen molar-refractivity contribution in [1.82, 2.24) is 0 Å². The van der Waals surface area contributed by atoms with E-state index in [0.29, 0.717) is 0 Å². The van der Waals surface area contributed by atoms with Crippen molar-refractivity contribution in [3.05, 3.63) is 23.8 Å². The fourth-order valence-corrected chi connectivity index (χ4v) is 2.59. The molecular formula is C15H23NO. The molecule has 1 aliphatic rings. The monoisotopic (exact) mass is 233 g/mol. The van der Waals surface area contributed by atoms with Crippen molar-refractivity contribution in [3.63, 3.8) is 0 Å². The van der Waals surface area contributed by atoms with Gasteiger partial charge in [0.15, 0.2) is 0 Å². The van der Waals surface area contributed by atoms with Crippen molar-refractivity contribution in [2.24, 2.45) is 5.92 Å². The highest BCUT2D eigenvalue weighted by molar-refractivity contribution is 5.57. The van der Waals surface area contributed by atoms with Gasteiger partial charge >= 0.3 is 0 Å². The molecule has 0 spiro atoms. The Hall–Kier alpha value is -1.18.